The maximum absolute atomic E-state index is 14.1. The molecule has 5 rings (SSSR count). The number of carbonyl (C=O) groups is 1. The summed E-state index contributed by atoms with van der Waals surface area (Å²) >= 11 is 0. The van der Waals surface area contributed by atoms with E-state index >= 15 is 0 Å². The van der Waals surface area contributed by atoms with Crippen molar-refractivity contribution in [1.29, 1.82) is 0 Å². The molecule has 10 nitrogen and oxygen atoms in total. The standard InChI is InChI=1S/C38H56O10/c1-8-23(2)34-26(5)14-15-37(48-34)20-30-19-29(47-37)13-12-25(4)33(45-22-43-17-16-42-7)24(3)10-9-11-28-21-44-35-32(39)27(6)18-31(36(40)46-30)38(28,35)41/h9-12,14-15,18,23-24,26,29-35,39,41H,8,13,16-17,19-22H2,1-7H3/b10-9-,25-12-,28-11?/t23-,24-,26-,29+,30-,31+,32+,33-,34+,35+,37+,38+/m0/s1. The highest BCUT2D eigenvalue weighted by Crippen LogP contribution is 2.47. The second-order valence-electron chi connectivity index (χ2n) is 14.4. The molecule has 2 N–H and O–H groups in total. The van der Waals surface area contributed by atoms with Crippen molar-refractivity contribution < 1.29 is 48.2 Å². The van der Waals surface area contributed by atoms with E-state index < -0.39 is 41.6 Å². The zero-order chi connectivity index (χ0) is 34.6. The van der Waals surface area contributed by atoms with Crippen LogP contribution in [0.2, 0.25) is 0 Å². The van der Waals surface area contributed by atoms with E-state index in [0.29, 0.717) is 49.5 Å². The van der Waals surface area contributed by atoms with Crippen molar-refractivity contribution in [2.24, 2.45) is 23.7 Å². The SMILES string of the molecule is CC[C@H](C)[C@H]1O[C@]2(C=C[C@@H]1C)C[C@@H]1C[C@@H](C/C=C(/C)[C@@H](OCOCCOC)[C@@H](C)/C=C\C=C3CO[C@@H]4[C@H](O)C(C)=C[C@H](C(=O)O1)[C@]34O)O2. The van der Waals surface area contributed by atoms with Crippen molar-refractivity contribution >= 4 is 5.97 Å². The fourth-order valence-corrected chi connectivity index (χ4v) is 7.75. The maximum atomic E-state index is 14.1. The molecule has 268 valence electrons. The van der Waals surface area contributed by atoms with Gasteiger partial charge in [-0.25, -0.2) is 0 Å². The van der Waals surface area contributed by atoms with Crippen LogP contribution in [-0.2, 0) is 38.0 Å². The Morgan fingerprint density at radius 3 is 2.62 bits per heavy atom. The van der Waals surface area contributed by atoms with Gasteiger partial charge in [0, 0.05) is 31.8 Å². The van der Waals surface area contributed by atoms with Crippen molar-refractivity contribution in [3.05, 3.63) is 59.3 Å². The predicted octanol–water partition coefficient (Wildman–Crippen LogP) is 4.95. The number of esters is 1. The van der Waals surface area contributed by atoms with Crippen LogP contribution in [0.5, 0.6) is 0 Å². The van der Waals surface area contributed by atoms with Crippen molar-refractivity contribution in [1.82, 2.24) is 0 Å². The lowest BCUT2D eigenvalue weighted by Gasteiger charge is -2.48. The Bertz CT molecular complexity index is 1290. The van der Waals surface area contributed by atoms with Crippen molar-refractivity contribution in [3.63, 3.8) is 0 Å². The van der Waals surface area contributed by atoms with Crippen LogP contribution in [0.4, 0.5) is 0 Å². The normalized spacial score (nSPS) is 42.6. The average Bonchev–Trinajstić information content (AvgIpc) is 3.40. The molecule has 0 amide bonds. The topological polar surface area (TPSA) is 122 Å². The summed E-state index contributed by atoms with van der Waals surface area (Å²) in [5.41, 5.74) is 0.308. The molecule has 0 radical (unpaired) electrons. The molecule has 0 aromatic rings. The van der Waals surface area contributed by atoms with Crippen LogP contribution >= 0.6 is 0 Å². The van der Waals surface area contributed by atoms with Gasteiger partial charge in [-0.3, -0.25) is 4.79 Å². The number of hydrogen-bond acceptors (Lipinski definition) is 10. The summed E-state index contributed by atoms with van der Waals surface area (Å²) in [4.78, 5) is 14.1. The molecule has 4 heterocycles. The van der Waals surface area contributed by atoms with E-state index in [1.807, 2.05) is 25.2 Å². The summed E-state index contributed by atoms with van der Waals surface area (Å²) < 4.78 is 42.9. The summed E-state index contributed by atoms with van der Waals surface area (Å²) in [5.74, 6) is -2.23. The van der Waals surface area contributed by atoms with Crippen molar-refractivity contribution in [3.8, 4) is 0 Å². The van der Waals surface area contributed by atoms with Crippen LogP contribution in [0, 0.1) is 23.7 Å². The second-order valence-corrected chi connectivity index (χ2v) is 14.4. The first-order chi connectivity index (χ1) is 22.9. The van der Waals surface area contributed by atoms with Crippen LogP contribution in [0.25, 0.3) is 0 Å². The smallest absolute Gasteiger partial charge is 0.316 e. The molecule has 10 heteroatoms. The number of allylic oxidation sites excluding steroid dienone is 2. The van der Waals surface area contributed by atoms with Gasteiger partial charge in [0.15, 0.2) is 5.79 Å². The van der Waals surface area contributed by atoms with Crippen molar-refractivity contribution in [2.45, 2.75) is 115 Å². The third-order valence-corrected chi connectivity index (χ3v) is 10.8. The van der Waals surface area contributed by atoms with E-state index in [4.69, 9.17) is 33.2 Å². The largest absolute Gasteiger partial charge is 0.462 e. The average molecular weight is 673 g/mol. The number of ether oxygens (including phenoxy) is 7. The van der Waals surface area contributed by atoms with E-state index in [2.05, 4.69) is 39.8 Å². The Morgan fingerprint density at radius 1 is 1.08 bits per heavy atom. The molecule has 4 aliphatic heterocycles. The number of methoxy groups -OCH3 is 1. The molecule has 0 aromatic heterocycles. The third kappa shape index (κ3) is 7.76. The Morgan fingerprint density at radius 2 is 1.88 bits per heavy atom. The van der Waals surface area contributed by atoms with E-state index in [-0.39, 0.29) is 43.5 Å². The highest BCUT2D eigenvalue weighted by atomic mass is 16.7. The number of aliphatic hydroxyl groups excluding tert-OH is 1. The molecule has 0 aromatic carbocycles. The monoisotopic (exact) mass is 672 g/mol. The first-order valence-electron chi connectivity index (χ1n) is 17.6. The molecule has 2 bridgehead atoms. The van der Waals surface area contributed by atoms with Crippen LogP contribution in [0.3, 0.4) is 0 Å². The molecular weight excluding hydrogens is 616 g/mol. The fourth-order valence-electron chi connectivity index (χ4n) is 7.75. The molecule has 0 saturated carbocycles. The summed E-state index contributed by atoms with van der Waals surface area (Å²) in [7, 11) is 1.63. The van der Waals surface area contributed by atoms with Gasteiger partial charge in [0.25, 0.3) is 0 Å². The molecule has 1 spiro atoms. The minimum absolute atomic E-state index is 0.0519. The van der Waals surface area contributed by atoms with Crippen LogP contribution in [-0.4, -0.2) is 97.9 Å². The van der Waals surface area contributed by atoms with Crippen LogP contribution in [0.1, 0.15) is 67.2 Å². The Kier molecular flexibility index (Phi) is 12.2. The number of aliphatic hydroxyl groups is 2. The van der Waals surface area contributed by atoms with E-state index in [9.17, 15) is 15.0 Å². The molecule has 2 saturated heterocycles. The van der Waals surface area contributed by atoms with Gasteiger partial charge in [-0.05, 0) is 49.0 Å². The van der Waals surface area contributed by atoms with Crippen LogP contribution in [0.15, 0.2) is 59.3 Å². The minimum atomic E-state index is -1.78. The predicted molar refractivity (Wildman–Crippen MR) is 180 cm³/mol. The molecule has 5 aliphatic rings. The fraction of sp³-hybridized carbons (Fsp3) is 0.711. The van der Waals surface area contributed by atoms with Gasteiger partial charge < -0.3 is 43.4 Å². The summed E-state index contributed by atoms with van der Waals surface area (Å²) in [6.07, 6.45) is 12.6. The molecule has 1 aliphatic carbocycles. The zero-order valence-corrected chi connectivity index (χ0v) is 29.6. The quantitative estimate of drug-likeness (QED) is 0.159. The molecule has 0 unspecified atom stereocenters. The lowest BCUT2D eigenvalue weighted by Crippen LogP contribution is -2.58. The summed E-state index contributed by atoms with van der Waals surface area (Å²) in [6.45, 7) is 13.4. The Labute approximate surface area is 285 Å². The maximum Gasteiger partial charge on any atom is 0.316 e. The van der Waals surface area contributed by atoms with Gasteiger partial charge in [0.1, 0.15) is 36.6 Å². The molecular formula is C38H56O10. The number of hydrogen-bond donors (Lipinski definition) is 2. The van der Waals surface area contributed by atoms with Crippen molar-refractivity contribution in [2.75, 3.05) is 33.7 Å². The number of carbonyl (C=O) groups excluding carboxylic acids is 1. The third-order valence-electron chi connectivity index (χ3n) is 10.8. The van der Waals surface area contributed by atoms with Gasteiger partial charge in [-0.1, -0.05) is 70.6 Å². The highest BCUT2D eigenvalue weighted by molar-refractivity contribution is 5.78. The Balaban J connectivity index is 1.52. The minimum Gasteiger partial charge on any atom is -0.462 e. The van der Waals surface area contributed by atoms with Crippen LogP contribution < -0.4 is 0 Å². The van der Waals surface area contributed by atoms with Gasteiger partial charge in [0.2, 0.25) is 0 Å². The molecule has 48 heavy (non-hydrogen) atoms. The second kappa shape index (κ2) is 15.8. The molecule has 2 fully saturated rings. The first kappa shape index (κ1) is 37.1. The first-order valence-corrected chi connectivity index (χ1v) is 17.6. The van der Waals surface area contributed by atoms with Gasteiger partial charge in [0.05, 0.1) is 38.1 Å². The molecule has 12 atom stereocenters. The van der Waals surface area contributed by atoms with Gasteiger partial charge in [-0.15, -0.1) is 0 Å². The number of rotatable bonds is 8. The van der Waals surface area contributed by atoms with Gasteiger partial charge >= 0.3 is 5.97 Å². The van der Waals surface area contributed by atoms with E-state index in [0.717, 1.165) is 12.0 Å². The van der Waals surface area contributed by atoms with Gasteiger partial charge in [-0.2, -0.15) is 0 Å². The lowest BCUT2D eigenvalue weighted by atomic mass is 9.71. The zero-order valence-electron chi connectivity index (χ0n) is 29.6. The highest BCUT2D eigenvalue weighted by Gasteiger charge is 2.60. The van der Waals surface area contributed by atoms with E-state index in [1.165, 1.54) is 0 Å². The summed E-state index contributed by atoms with van der Waals surface area (Å²) in [6, 6.07) is 0. The lowest BCUT2D eigenvalue weighted by molar-refractivity contribution is -0.300. The summed E-state index contributed by atoms with van der Waals surface area (Å²) in [5, 5.41) is 23.3. The number of fused-ring (bicyclic) bond motifs is 2. The van der Waals surface area contributed by atoms with E-state index in [1.54, 1.807) is 26.2 Å². The Hall–Kier alpha value is -2.15.